The summed E-state index contributed by atoms with van der Waals surface area (Å²) >= 11 is 0. The van der Waals surface area contributed by atoms with Crippen LogP contribution in [-0.4, -0.2) is 9.97 Å². The molecule has 0 atom stereocenters. The summed E-state index contributed by atoms with van der Waals surface area (Å²) in [5.41, 5.74) is 0.991. The number of aromatic nitrogens is 2. The SMILES string of the molecule is CCc1ccnc(CC#N)n1. The number of rotatable bonds is 2. The largest absolute Gasteiger partial charge is 0.240 e. The molecule has 1 aromatic rings. The first-order chi connectivity index (χ1) is 5.36. The summed E-state index contributed by atoms with van der Waals surface area (Å²) in [6.45, 7) is 2.03. The zero-order valence-electron chi connectivity index (χ0n) is 6.41. The highest BCUT2D eigenvalue weighted by atomic mass is 14.9. The van der Waals surface area contributed by atoms with Crippen molar-refractivity contribution in [3.05, 3.63) is 23.8 Å². The van der Waals surface area contributed by atoms with Gasteiger partial charge in [0.1, 0.15) is 5.82 Å². The summed E-state index contributed by atoms with van der Waals surface area (Å²) in [6.07, 6.45) is 2.88. The Kier molecular flexibility index (Phi) is 2.56. The number of nitrogens with zero attached hydrogens (tertiary/aromatic N) is 3. The fourth-order valence-electron chi connectivity index (χ4n) is 0.794. The fourth-order valence-corrected chi connectivity index (χ4v) is 0.794. The lowest BCUT2D eigenvalue weighted by Crippen LogP contribution is -1.96. The molecule has 1 rings (SSSR count). The van der Waals surface area contributed by atoms with Gasteiger partial charge in [-0.15, -0.1) is 0 Å². The summed E-state index contributed by atoms with van der Waals surface area (Å²) in [5.74, 6) is 0.617. The molecule has 3 heteroatoms. The van der Waals surface area contributed by atoms with Crippen LogP contribution in [0.2, 0.25) is 0 Å². The first-order valence-corrected chi connectivity index (χ1v) is 3.54. The highest BCUT2D eigenvalue weighted by Crippen LogP contribution is 1.96. The van der Waals surface area contributed by atoms with Crippen molar-refractivity contribution in [1.29, 1.82) is 5.26 Å². The van der Waals surface area contributed by atoms with Gasteiger partial charge in [-0.3, -0.25) is 0 Å². The third kappa shape index (κ3) is 2.01. The molecule has 0 saturated heterocycles. The maximum absolute atomic E-state index is 8.35. The molecule has 0 aliphatic rings. The van der Waals surface area contributed by atoms with Gasteiger partial charge >= 0.3 is 0 Å². The molecule has 0 radical (unpaired) electrons. The van der Waals surface area contributed by atoms with Crippen molar-refractivity contribution in [3.8, 4) is 6.07 Å². The number of nitriles is 1. The van der Waals surface area contributed by atoms with Crippen molar-refractivity contribution in [2.75, 3.05) is 0 Å². The zero-order chi connectivity index (χ0) is 8.10. The Morgan fingerprint density at radius 3 is 3.09 bits per heavy atom. The monoisotopic (exact) mass is 147 g/mol. The Bertz CT molecular complexity index is 275. The summed E-state index contributed by atoms with van der Waals surface area (Å²) in [5, 5.41) is 8.35. The van der Waals surface area contributed by atoms with Gasteiger partial charge in [0.2, 0.25) is 0 Å². The van der Waals surface area contributed by atoms with Crippen LogP contribution in [-0.2, 0) is 12.8 Å². The van der Waals surface area contributed by atoms with Crippen molar-refractivity contribution < 1.29 is 0 Å². The van der Waals surface area contributed by atoms with E-state index in [0.29, 0.717) is 12.2 Å². The van der Waals surface area contributed by atoms with Gasteiger partial charge in [-0.2, -0.15) is 5.26 Å². The minimum atomic E-state index is 0.299. The van der Waals surface area contributed by atoms with Crippen LogP contribution in [0.5, 0.6) is 0 Å². The fraction of sp³-hybridized carbons (Fsp3) is 0.375. The average molecular weight is 147 g/mol. The van der Waals surface area contributed by atoms with E-state index in [2.05, 4.69) is 9.97 Å². The number of hydrogen-bond acceptors (Lipinski definition) is 3. The predicted molar refractivity (Wildman–Crippen MR) is 40.7 cm³/mol. The molecule has 1 heterocycles. The normalized spacial score (nSPS) is 9.09. The van der Waals surface area contributed by atoms with Crippen LogP contribution in [0.1, 0.15) is 18.4 Å². The van der Waals surface area contributed by atoms with E-state index in [4.69, 9.17) is 5.26 Å². The zero-order valence-corrected chi connectivity index (χ0v) is 6.41. The van der Waals surface area contributed by atoms with E-state index in [1.807, 2.05) is 19.1 Å². The molecule has 0 aromatic carbocycles. The molecule has 0 saturated carbocycles. The van der Waals surface area contributed by atoms with Gasteiger partial charge in [0.15, 0.2) is 0 Å². The van der Waals surface area contributed by atoms with Gasteiger partial charge in [-0.05, 0) is 12.5 Å². The molecule has 11 heavy (non-hydrogen) atoms. The quantitative estimate of drug-likeness (QED) is 0.629. The van der Waals surface area contributed by atoms with Gasteiger partial charge in [0.25, 0.3) is 0 Å². The van der Waals surface area contributed by atoms with E-state index in [0.717, 1.165) is 12.1 Å². The molecule has 56 valence electrons. The molecule has 0 amide bonds. The van der Waals surface area contributed by atoms with Crippen LogP contribution in [0.25, 0.3) is 0 Å². The maximum Gasteiger partial charge on any atom is 0.142 e. The second-order valence-electron chi connectivity index (χ2n) is 2.15. The Morgan fingerprint density at radius 1 is 1.64 bits per heavy atom. The second kappa shape index (κ2) is 3.67. The first kappa shape index (κ1) is 7.67. The molecule has 0 unspecified atom stereocenters. The molecular weight excluding hydrogens is 138 g/mol. The van der Waals surface area contributed by atoms with Crippen LogP contribution in [0.4, 0.5) is 0 Å². The Balaban J connectivity index is 2.84. The average Bonchev–Trinajstić information content (AvgIpc) is 2.06. The number of hydrogen-bond donors (Lipinski definition) is 0. The molecule has 0 fully saturated rings. The molecule has 0 bridgehead atoms. The lowest BCUT2D eigenvalue weighted by molar-refractivity contribution is 0.920. The Hall–Kier alpha value is -1.43. The number of aryl methyl sites for hydroxylation is 1. The molecule has 0 spiro atoms. The van der Waals surface area contributed by atoms with E-state index < -0.39 is 0 Å². The second-order valence-corrected chi connectivity index (χ2v) is 2.15. The van der Waals surface area contributed by atoms with E-state index in [1.165, 1.54) is 0 Å². The smallest absolute Gasteiger partial charge is 0.142 e. The summed E-state index contributed by atoms with van der Waals surface area (Å²) in [6, 6.07) is 3.87. The summed E-state index contributed by atoms with van der Waals surface area (Å²) in [4.78, 5) is 8.09. The van der Waals surface area contributed by atoms with Gasteiger partial charge < -0.3 is 0 Å². The molecule has 0 N–H and O–H groups in total. The lowest BCUT2D eigenvalue weighted by atomic mass is 10.3. The van der Waals surface area contributed by atoms with Gasteiger partial charge in [-0.25, -0.2) is 9.97 Å². The van der Waals surface area contributed by atoms with Crippen molar-refractivity contribution in [2.45, 2.75) is 19.8 Å². The van der Waals surface area contributed by atoms with Gasteiger partial charge in [-0.1, -0.05) is 6.92 Å². The standard InChI is InChI=1S/C8H9N3/c1-2-7-4-6-10-8(11-7)3-5-9/h4,6H,2-3H2,1H3. The maximum atomic E-state index is 8.35. The van der Waals surface area contributed by atoms with Crippen LogP contribution < -0.4 is 0 Å². The Morgan fingerprint density at radius 2 is 2.45 bits per heavy atom. The first-order valence-electron chi connectivity index (χ1n) is 3.54. The molecule has 3 nitrogen and oxygen atoms in total. The third-order valence-corrected chi connectivity index (χ3v) is 1.36. The van der Waals surface area contributed by atoms with Crippen LogP contribution in [0, 0.1) is 11.3 Å². The van der Waals surface area contributed by atoms with Crippen LogP contribution >= 0.6 is 0 Å². The van der Waals surface area contributed by atoms with Gasteiger partial charge in [0.05, 0.1) is 12.5 Å². The molecule has 1 aromatic heterocycles. The highest BCUT2D eigenvalue weighted by molar-refractivity contribution is 5.04. The topological polar surface area (TPSA) is 49.6 Å². The summed E-state index contributed by atoms with van der Waals surface area (Å²) < 4.78 is 0. The van der Waals surface area contributed by atoms with Crippen LogP contribution in [0.3, 0.4) is 0 Å². The van der Waals surface area contributed by atoms with Crippen LogP contribution in [0.15, 0.2) is 12.3 Å². The van der Waals surface area contributed by atoms with Crippen molar-refractivity contribution in [2.24, 2.45) is 0 Å². The van der Waals surface area contributed by atoms with Gasteiger partial charge in [0, 0.05) is 11.9 Å². The molecule has 0 aliphatic carbocycles. The van der Waals surface area contributed by atoms with E-state index in [1.54, 1.807) is 6.20 Å². The summed E-state index contributed by atoms with van der Waals surface area (Å²) in [7, 11) is 0. The third-order valence-electron chi connectivity index (χ3n) is 1.36. The van der Waals surface area contributed by atoms with E-state index in [9.17, 15) is 0 Å². The predicted octanol–water partition coefficient (Wildman–Crippen LogP) is 1.11. The highest BCUT2D eigenvalue weighted by Gasteiger charge is 1.95. The van der Waals surface area contributed by atoms with Crippen molar-refractivity contribution in [1.82, 2.24) is 9.97 Å². The van der Waals surface area contributed by atoms with Crippen molar-refractivity contribution in [3.63, 3.8) is 0 Å². The molecular formula is C8H9N3. The van der Waals surface area contributed by atoms with Crippen molar-refractivity contribution >= 4 is 0 Å². The lowest BCUT2D eigenvalue weighted by Gasteiger charge is -1.95. The Labute approximate surface area is 65.7 Å². The molecule has 0 aliphatic heterocycles. The minimum absolute atomic E-state index is 0.299. The van der Waals surface area contributed by atoms with E-state index in [-0.39, 0.29) is 0 Å². The van der Waals surface area contributed by atoms with E-state index >= 15 is 0 Å². The minimum Gasteiger partial charge on any atom is -0.240 e.